The van der Waals surface area contributed by atoms with E-state index in [1.165, 1.54) is 33.1 Å². The molecule has 1 aliphatic carbocycles. The Balaban J connectivity index is 1.18. The van der Waals surface area contributed by atoms with Crippen LogP contribution in [0.25, 0.3) is 28.1 Å². The molecule has 5 heterocycles. The van der Waals surface area contributed by atoms with Gasteiger partial charge in [0.2, 0.25) is 5.91 Å². The van der Waals surface area contributed by atoms with Gasteiger partial charge in [-0.05, 0) is 73.2 Å². The average molecular weight is 629 g/mol. The van der Waals surface area contributed by atoms with Gasteiger partial charge in [-0.15, -0.1) is 0 Å². The number of ether oxygens (including phenoxy) is 1. The maximum Gasteiger partial charge on any atom is 0.282 e. The van der Waals surface area contributed by atoms with Crippen molar-refractivity contribution in [3.05, 3.63) is 78.8 Å². The van der Waals surface area contributed by atoms with Gasteiger partial charge in [0.25, 0.3) is 10.2 Å². The molecule has 0 unspecified atom stereocenters. The first-order valence-corrected chi connectivity index (χ1v) is 16.6. The lowest BCUT2D eigenvalue weighted by Crippen LogP contribution is -2.54. The summed E-state index contributed by atoms with van der Waals surface area (Å²) >= 11 is 0. The fraction of sp³-hybridized carbons (Fsp3) is 0.375. The molecule has 3 aromatic heterocycles. The zero-order chi connectivity index (χ0) is 31.3. The summed E-state index contributed by atoms with van der Waals surface area (Å²) < 4.78 is 38.2. The molecule has 2 saturated heterocycles. The lowest BCUT2D eigenvalue weighted by Gasteiger charge is -2.36. The quantitative estimate of drug-likeness (QED) is 0.294. The van der Waals surface area contributed by atoms with Crippen molar-refractivity contribution < 1.29 is 17.9 Å². The zero-order valence-electron chi connectivity index (χ0n) is 25.2. The largest absolute Gasteiger partial charge is 0.383 e. The van der Waals surface area contributed by atoms with Crippen LogP contribution in [-0.2, 0) is 25.3 Å². The number of aromatic nitrogens is 4. The molecule has 0 bridgehead atoms. The number of nitrogens with two attached hydrogens (primary N) is 1. The summed E-state index contributed by atoms with van der Waals surface area (Å²) in [5, 5.41) is 0. The normalized spacial score (nSPS) is 21.4. The standard InChI is InChI=1S/C32H36N8O4S/c1-3-29(41)37-15-17-38(18-16-37)45(42,43)39-14-12-32(21-39,44-2)28-11-9-24(20-35-28)40-27-19-23(22-6-7-22)8-10-26(27)36-31(40)25-5-4-13-34-30(25)33/h3-5,8-11,13,19-20,22H,1,6-7,12,14-18,21H2,2H3,(H2,33,34)/t32-/m1/s1. The van der Waals surface area contributed by atoms with Crippen molar-refractivity contribution in [1.29, 1.82) is 0 Å². The Kier molecular flexibility index (Phi) is 7.43. The topological polar surface area (TPSA) is 140 Å². The molecule has 2 aliphatic heterocycles. The predicted octanol–water partition coefficient (Wildman–Crippen LogP) is 3.06. The van der Waals surface area contributed by atoms with E-state index in [1.54, 1.807) is 24.4 Å². The van der Waals surface area contributed by atoms with E-state index in [9.17, 15) is 13.2 Å². The molecule has 0 spiro atoms. The predicted molar refractivity (Wildman–Crippen MR) is 171 cm³/mol. The molecule has 1 atom stereocenters. The summed E-state index contributed by atoms with van der Waals surface area (Å²) in [6.07, 6.45) is 7.53. The molecule has 45 heavy (non-hydrogen) atoms. The number of imidazole rings is 1. The number of pyridine rings is 2. The number of carbonyl (C=O) groups excluding carboxylic acids is 1. The van der Waals surface area contributed by atoms with Gasteiger partial charge in [-0.2, -0.15) is 17.0 Å². The summed E-state index contributed by atoms with van der Waals surface area (Å²) in [6.45, 7) is 5.08. The highest BCUT2D eigenvalue weighted by Gasteiger charge is 2.47. The van der Waals surface area contributed by atoms with Gasteiger partial charge in [-0.1, -0.05) is 12.6 Å². The van der Waals surface area contributed by atoms with Crippen molar-refractivity contribution >= 4 is 33.0 Å². The van der Waals surface area contributed by atoms with Crippen molar-refractivity contribution in [1.82, 2.24) is 33.0 Å². The molecule has 7 rings (SSSR count). The molecule has 3 fully saturated rings. The van der Waals surface area contributed by atoms with Crippen molar-refractivity contribution in [2.45, 2.75) is 30.8 Å². The second kappa shape index (κ2) is 11.3. The third kappa shape index (κ3) is 5.19. The van der Waals surface area contributed by atoms with Gasteiger partial charge in [-0.3, -0.25) is 14.3 Å². The second-order valence-corrected chi connectivity index (χ2v) is 13.8. The van der Waals surface area contributed by atoms with Crippen molar-refractivity contribution in [3.8, 4) is 17.1 Å². The van der Waals surface area contributed by atoms with Crippen LogP contribution >= 0.6 is 0 Å². The van der Waals surface area contributed by atoms with Crippen molar-refractivity contribution in [2.24, 2.45) is 0 Å². The molecule has 234 valence electrons. The number of rotatable bonds is 8. The Morgan fingerprint density at radius 3 is 2.53 bits per heavy atom. The molecule has 2 N–H and O–H groups in total. The number of nitrogens with zero attached hydrogens (tertiary/aromatic N) is 7. The first kappa shape index (κ1) is 29.5. The number of nitrogen functional groups attached to an aromatic ring is 1. The molecule has 1 amide bonds. The van der Waals surface area contributed by atoms with E-state index in [4.69, 9.17) is 20.4 Å². The maximum absolute atomic E-state index is 13.6. The maximum atomic E-state index is 13.6. The number of fused-ring (bicyclic) bond motifs is 1. The van der Waals surface area contributed by atoms with Crippen LogP contribution in [0.3, 0.4) is 0 Å². The number of carbonyl (C=O) groups is 1. The minimum atomic E-state index is -3.76. The van der Waals surface area contributed by atoms with Gasteiger partial charge >= 0.3 is 0 Å². The molecule has 4 aromatic rings. The molecular formula is C32H36N8O4S. The van der Waals surface area contributed by atoms with Gasteiger partial charge in [0.05, 0.1) is 34.2 Å². The lowest BCUT2D eigenvalue weighted by atomic mass is 9.98. The summed E-state index contributed by atoms with van der Waals surface area (Å²) in [6, 6.07) is 14.0. The number of hydrogen-bond acceptors (Lipinski definition) is 8. The Hall–Kier alpha value is -4.17. The number of piperazine rings is 1. The molecule has 0 radical (unpaired) electrons. The van der Waals surface area contributed by atoms with Gasteiger partial charge in [0.1, 0.15) is 17.2 Å². The summed E-state index contributed by atoms with van der Waals surface area (Å²) in [4.78, 5) is 27.7. The van der Waals surface area contributed by atoms with Crippen LogP contribution in [0.4, 0.5) is 5.82 Å². The van der Waals surface area contributed by atoms with Crippen molar-refractivity contribution in [3.63, 3.8) is 0 Å². The Bertz CT molecular complexity index is 1880. The van der Waals surface area contributed by atoms with Gasteiger partial charge < -0.3 is 15.4 Å². The highest BCUT2D eigenvalue weighted by atomic mass is 32.2. The Morgan fingerprint density at radius 1 is 1.07 bits per heavy atom. The van der Waals surface area contributed by atoms with Gasteiger partial charge in [0.15, 0.2) is 0 Å². The van der Waals surface area contributed by atoms with E-state index in [0.29, 0.717) is 49.3 Å². The van der Waals surface area contributed by atoms with Gasteiger partial charge in [-0.25, -0.2) is 9.97 Å². The minimum Gasteiger partial charge on any atom is -0.383 e. The number of amides is 1. The fourth-order valence-electron chi connectivity index (χ4n) is 6.46. The zero-order valence-corrected chi connectivity index (χ0v) is 26.0. The summed E-state index contributed by atoms with van der Waals surface area (Å²) in [5.74, 6) is 1.45. The number of methoxy groups -OCH3 is 1. The van der Waals surface area contributed by atoms with Crippen LogP contribution in [0.15, 0.2) is 67.5 Å². The van der Waals surface area contributed by atoms with Gasteiger partial charge in [0, 0.05) is 52.6 Å². The monoisotopic (exact) mass is 628 g/mol. The van der Waals surface area contributed by atoms with Crippen LogP contribution in [-0.4, -0.2) is 93.7 Å². The third-order valence-corrected chi connectivity index (χ3v) is 11.2. The summed E-state index contributed by atoms with van der Waals surface area (Å²) in [7, 11) is -2.16. The lowest BCUT2D eigenvalue weighted by molar-refractivity contribution is -0.127. The van der Waals surface area contributed by atoms with Crippen LogP contribution in [0.5, 0.6) is 0 Å². The molecule has 13 heteroatoms. The minimum absolute atomic E-state index is 0.139. The third-order valence-electron chi connectivity index (χ3n) is 9.24. The number of hydrogen-bond donors (Lipinski definition) is 1. The van der Waals surface area contributed by atoms with Crippen LogP contribution < -0.4 is 5.73 Å². The van der Waals surface area contributed by atoms with E-state index in [2.05, 4.69) is 34.3 Å². The van der Waals surface area contributed by atoms with Crippen LogP contribution in [0, 0.1) is 0 Å². The Labute approximate surface area is 262 Å². The fourth-order valence-corrected chi connectivity index (χ4v) is 8.10. The second-order valence-electron chi connectivity index (χ2n) is 11.8. The number of benzene rings is 1. The highest BCUT2D eigenvalue weighted by molar-refractivity contribution is 7.86. The molecule has 12 nitrogen and oxygen atoms in total. The van der Waals surface area contributed by atoms with E-state index in [-0.39, 0.29) is 25.5 Å². The van der Waals surface area contributed by atoms with E-state index in [0.717, 1.165) is 22.3 Å². The van der Waals surface area contributed by atoms with Crippen LogP contribution in [0.2, 0.25) is 0 Å². The first-order valence-electron chi connectivity index (χ1n) is 15.2. The van der Waals surface area contributed by atoms with E-state index in [1.807, 2.05) is 24.3 Å². The summed E-state index contributed by atoms with van der Waals surface area (Å²) in [5.41, 5.74) is 10.7. The highest BCUT2D eigenvalue weighted by Crippen LogP contribution is 2.42. The molecule has 1 saturated carbocycles. The van der Waals surface area contributed by atoms with Crippen molar-refractivity contribution in [2.75, 3.05) is 52.1 Å². The molecule has 1 aromatic carbocycles. The van der Waals surface area contributed by atoms with E-state index < -0.39 is 15.8 Å². The smallest absolute Gasteiger partial charge is 0.282 e. The SMILES string of the molecule is C=CC(=O)N1CCN(S(=O)(=O)N2CC[C@](OC)(c3ccc(-n4c(-c5cccnc5N)nc5ccc(C6CC6)cc54)cn3)C2)CC1. The molecular weight excluding hydrogens is 592 g/mol. The average Bonchev–Trinajstić information content (AvgIpc) is 3.71. The number of anilines is 1. The molecule has 3 aliphatic rings. The Morgan fingerprint density at radius 2 is 1.87 bits per heavy atom. The van der Waals surface area contributed by atoms with E-state index >= 15 is 0 Å². The van der Waals surface area contributed by atoms with Crippen LogP contribution in [0.1, 0.15) is 36.4 Å². The first-order chi connectivity index (χ1) is 21.7.